The van der Waals surface area contributed by atoms with Gasteiger partial charge in [0.25, 0.3) is 11.8 Å². The minimum atomic E-state index is -1.16. The molecule has 3 amide bonds. The first-order chi connectivity index (χ1) is 14.7. The molecule has 0 bridgehead atoms. The number of fused-ring (bicyclic) bond motifs is 1. The lowest BCUT2D eigenvalue weighted by Gasteiger charge is -2.21. The Bertz CT molecular complexity index is 1220. The van der Waals surface area contributed by atoms with Crippen molar-refractivity contribution >= 4 is 46.6 Å². The SMILES string of the molecule is Cc1nnnn1-c1cc(NC(=O)C(C)N2C(=O)c3cc(Cl)c(Cl)cc3C2=O)ccc1F. The Labute approximate surface area is 184 Å². The molecule has 0 aliphatic carbocycles. The number of carbonyl (C=O) groups is 3. The molecule has 2 heterocycles. The molecular weight excluding hydrogens is 450 g/mol. The van der Waals surface area contributed by atoms with Crippen LogP contribution in [-0.2, 0) is 4.79 Å². The van der Waals surface area contributed by atoms with Crippen molar-refractivity contribution in [2.45, 2.75) is 19.9 Å². The number of carbonyl (C=O) groups excluding carboxylic acids is 3. The number of tetrazole rings is 1. The number of nitrogens with one attached hydrogen (secondary N) is 1. The van der Waals surface area contributed by atoms with E-state index in [9.17, 15) is 18.8 Å². The summed E-state index contributed by atoms with van der Waals surface area (Å²) < 4.78 is 15.4. The second-order valence-electron chi connectivity index (χ2n) is 6.76. The third-order valence-electron chi connectivity index (χ3n) is 4.79. The average molecular weight is 463 g/mol. The number of nitrogens with zero attached hydrogens (tertiary/aromatic N) is 5. The van der Waals surface area contributed by atoms with Gasteiger partial charge in [-0.05, 0) is 54.6 Å². The van der Waals surface area contributed by atoms with E-state index < -0.39 is 29.6 Å². The molecule has 31 heavy (non-hydrogen) atoms. The summed E-state index contributed by atoms with van der Waals surface area (Å²) in [6, 6.07) is 5.25. The number of halogens is 3. The Kier molecular flexibility index (Phi) is 5.19. The predicted molar refractivity (Wildman–Crippen MR) is 109 cm³/mol. The summed E-state index contributed by atoms with van der Waals surface area (Å²) in [6.07, 6.45) is 0. The van der Waals surface area contributed by atoms with Gasteiger partial charge in [-0.25, -0.2) is 4.39 Å². The summed E-state index contributed by atoms with van der Waals surface area (Å²) in [4.78, 5) is 39.0. The lowest BCUT2D eigenvalue weighted by Crippen LogP contribution is -2.45. The third kappa shape index (κ3) is 3.53. The van der Waals surface area contributed by atoms with Gasteiger partial charge in [-0.1, -0.05) is 23.2 Å². The van der Waals surface area contributed by atoms with Crippen LogP contribution in [0.4, 0.5) is 10.1 Å². The average Bonchev–Trinajstić information content (AvgIpc) is 3.25. The molecule has 3 aromatic rings. The van der Waals surface area contributed by atoms with Gasteiger partial charge >= 0.3 is 0 Å². The molecule has 1 atom stereocenters. The Hall–Kier alpha value is -3.37. The second-order valence-corrected chi connectivity index (χ2v) is 7.58. The van der Waals surface area contributed by atoms with Gasteiger partial charge in [0.1, 0.15) is 17.5 Å². The lowest BCUT2D eigenvalue weighted by molar-refractivity contribution is -0.119. The van der Waals surface area contributed by atoms with Crippen LogP contribution in [0.5, 0.6) is 0 Å². The Morgan fingerprint density at radius 2 is 1.71 bits per heavy atom. The van der Waals surface area contributed by atoms with Crippen LogP contribution >= 0.6 is 23.2 Å². The number of aromatic nitrogens is 4. The number of hydrogen-bond donors (Lipinski definition) is 1. The van der Waals surface area contributed by atoms with Crippen LogP contribution < -0.4 is 5.32 Å². The summed E-state index contributed by atoms with van der Waals surface area (Å²) in [5, 5.41) is 13.7. The van der Waals surface area contributed by atoms with Gasteiger partial charge < -0.3 is 5.32 Å². The molecule has 9 nitrogen and oxygen atoms in total. The quantitative estimate of drug-likeness (QED) is 0.596. The van der Waals surface area contributed by atoms with Gasteiger partial charge in [0, 0.05) is 5.69 Å². The molecular formula is C19H13Cl2FN6O3. The van der Waals surface area contributed by atoms with E-state index in [4.69, 9.17) is 23.2 Å². The van der Waals surface area contributed by atoms with Gasteiger partial charge in [0.05, 0.1) is 21.2 Å². The van der Waals surface area contributed by atoms with Crippen molar-refractivity contribution in [3.63, 3.8) is 0 Å². The number of hydrogen-bond acceptors (Lipinski definition) is 6. The molecule has 2 aromatic carbocycles. The number of amides is 3. The number of aryl methyl sites for hydroxylation is 1. The molecule has 1 aliphatic rings. The van der Waals surface area contributed by atoms with Gasteiger partial charge in [0.15, 0.2) is 5.82 Å². The van der Waals surface area contributed by atoms with E-state index in [1.807, 2.05) is 0 Å². The summed E-state index contributed by atoms with van der Waals surface area (Å²) in [7, 11) is 0. The summed E-state index contributed by atoms with van der Waals surface area (Å²) >= 11 is 11.9. The third-order valence-corrected chi connectivity index (χ3v) is 5.52. The molecule has 158 valence electrons. The molecule has 1 unspecified atom stereocenters. The number of benzene rings is 2. The van der Waals surface area contributed by atoms with E-state index >= 15 is 0 Å². The predicted octanol–water partition coefficient (Wildman–Crippen LogP) is 3.04. The van der Waals surface area contributed by atoms with Crippen molar-refractivity contribution in [2.24, 2.45) is 0 Å². The zero-order valence-corrected chi connectivity index (χ0v) is 17.6. The van der Waals surface area contributed by atoms with E-state index in [1.165, 1.54) is 35.9 Å². The first kappa shape index (κ1) is 20.9. The standard InChI is InChI=1S/C19H13Cl2FN6O3/c1-8(27-18(30)11-6-13(20)14(21)7-12(11)19(27)31)17(29)23-10-3-4-15(22)16(5-10)28-9(2)24-25-26-28/h3-8H,1-2H3,(H,23,29). The van der Waals surface area contributed by atoms with E-state index in [0.29, 0.717) is 5.82 Å². The Balaban J connectivity index is 1.58. The lowest BCUT2D eigenvalue weighted by atomic mass is 10.1. The van der Waals surface area contributed by atoms with Gasteiger partial charge in [-0.2, -0.15) is 4.68 Å². The van der Waals surface area contributed by atoms with Crippen LogP contribution in [0.2, 0.25) is 10.0 Å². The van der Waals surface area contributed by atoms with Crippen LogP contribution in [0.1, 0.15) is 33.5 Å². The topological polar surface area (TPSA) is 110 Å². The molecule has 1 aliphatic heterocycles. The van der Waals surface area contributed by atoms with Crippen LogP contribution in [0.15, 0.2) is 30.3 Å². The van der Waals surface area contributed by atoms with Crippen LogP contribution in [0, 0.1) is 12.7 Å². The minimum absolute atomic E-state index is 0.0259. The van der Waals surface area contributed by atoms with Gasteiger partial charge in [-0.3, -0.25) is 19.3 Å². The van der Waals surface area contributed by atoms with Crippen molar-refractivity contribution in [1.82, 2.24) is 25.1 Å². The summed E-state index contributed by atoms with van der Waals surface area (Å²) in [6.45, 7) is 2.99. The number of anilines is 1. The number of rotatable bonds is 4. The zero-order chi connectivity index (χ0) is 22.4. The maximum Gasteiger partial charge on any atom is 0.262 e. The van der Waals surface area contributed by atoms with Crippen molar-refractivity contribution in [3.8, 4) is 5.69 Å². The molecule has 1 N–H and O–H groups in total. The molecule has 0 saturated carbocycles. The van der Waals surface area contributed by atoms with E-state index in [1.54, 1.807) is 6.92 Å². The number of imide groups is 1. The largest absolute Gasteiger partial charge is 0.324 e. The highest BCUT2D eigenvalue weighted by Crippen LogP contribution is 2.32. The molecule has 1 aromatic heterocycles. The fourth-order valence-corrected chi connectivity index (χ4v) is 3.50. The molecule has 0 fully saturated rings. The second kappa shape index (κ2) is 7.71. The summed E-state index contributed by atoms with van der Waals surface area (Å²) in [5.41, 5.74) is 0.387. The van der Waals surface area contributed by atoms with Crippen molar-refractivity contribution in [3.05, 3.63) is 63.1 Å². The van der Waals surface area contributed by atoms with Gasteiger partial charge in [-0.15, -0.1) is 5.10 Å². The smallest absolute Gasteiger partial charge is 0.262 e. The van der Waals surface area contributed by atoms with Crippen LogP contribution in [0.25, 0.3) is 5.69 Å². The first-order valence-corrected chi connectivity index (χ1v) is 9.67. The van der Waals surface area contributed by atoms with Crippen molar-refractivity contribution in [2.75, 3.05) is 5.32 Å². The fourth-order valence-electron chi connectivity index (χ4n) is 3.18. The first-order valence-electron chi connectivity index (χ1n) is 8.91. The van der Waals surface area contributed by atoms with Crippen molar-refractivity contribution < 1.29 is 18.8 Å². The molecule has 4 rings (SSSR count). The van der Waals surface area contributed by atoms with E-state index in [2.05, 4.69) is 20.8 Å². The van der Waals surface area contributed by atoms with E-state index in [0.717, 1.165) is 11.0 Å². The maximum absolute atomic E-state index is 14.2. The van der Waals surface area contributed by atoms with Crippen LogP contribution in [-0.4, -0.2) is 48.9 Å². The van der Waals surface area contributed by atoms with Gasteiger partial charge in [0.2, 0.25) is 5.91 Å². The highest BCUT2D eigenvalue weighted by molar-refractivity contribution is 6.43. The molecule has 0 radical (unpaired) electrons. The maximum atomic E-state index is 14.2. The van der Waals surface area contributed by atoms with Crippen LogP contribution in [0.3, 0.4) is 0 Å². The minimum Gasteiger partial charge on any atom is -0.324 e. The monoisotopic (exact) mass is 462 g/mol. The molecule has 12 heteroatoms. The Morgan fingerprint density at radius 1 is 1.10 bits per heavy atom. The van der Waals surface area contributed by atoms with E-state index in [-0.39, 0.29) is 32.5 Å². The highest BCUT2D eigenvalue weighted by Gasteiger charge is 2.41. The highest BCUT2D eigenvalue weighted by atomic mass is 35.5. The molecule has 0 spiro atoms. The normalized spacial score (nSPS) is 14.0. The Morgan fingerprint density at radius 3 is 2.26 bits per heavy atom. The fraction of sp³-hybridized carbons (Fsp3) is 0.158. The summed E-state index contributed by atoms with van der Waals surface area (Å²) in [5.74, 6) is -2.23. The molecule has 0 saturated heterocycles. The zero-order valence-electron chi connectivity index (χ0n) is 16.1. The van der Waals surface area contributed by atoms with Crippen molar-refractivity contribution in [1.29, 1.82) is 0 Å².